The molecule has 0 bridgehead atoms. The fourth-order valence-electron chi connectivity index (χ4n) is 7.62. The fourth-order valence-corrected chi connectivity index (χ4v) is 7.62. The van der Waals surface area contributed by atoms with E-state index in [4.69, 9.17) is 0 Å². The molecule has 0 atom stereocenters. The van der Waals surface area contributed by atoms with Crippen LogP contribution in [0.25, 0.3) is 60.5 Å². The summed E-state index contributed by atoms with van der Waals surface area (Å²) in [6.07, 6.45) is 0. The molecule has 2 nitrogen and oxygen atoms in total. The number of para-hydroxylation sites is 2. The van der Waals surface area contributed by atoms with Crippen LogP contribution in [-0.2, 0) is 5.41 Å². The molecule has 8 aromatic rings. The Labute approximate surface area is 263 Å². The first-order valence-corrected chi connectivity index (χ1v) is 15.7. The van der Waals surface area contributed by atoms with Gasteiger partial charge in [0, 0.05) is 38.8 Å². The second-order valence-corrected chi connectivity index (χ2v) is 12.7. The van der Waals surface area contributed by atoms with Crippen LogP contribution >= 0.6 is 0 Å². The normalized spacial score (nSPS) is 13.3. The summed E-state index contributed by atoms with van der Waals surface area (Å²) in [5.41, 5.74) is 13.6. The Hall–Kier alpha value is -5.60. The quantitative estimate of drug-likeness (QED) is 0.220. The molecule has 1 aliphatic rings. The maximum Gasteiger partial charge on any atom is 0.0547 e. The molecule has 7 aromatic carbocycles. The lowest BCUT2D eigenvalue weighted by Crippen LogP contribution is -2.14. The van der Waals surface area contributed by atoms with Crippen molar-refractivity contribution in [1.29, 1.82) is 0 Å². The number of benzene rings is 7. The molecule has 9 rings (SSSR count). The summed E-state index contributed by atoms with van der Waals surface area (Å²) >= 11 is 0. The SMILES string of the molecule is CC1(C)c2ccccc2-c2cc(Nc3ccc4ccccc4c3-c3ccc4c5ccccc5n(-c5ccccc5)c4c3)ccc21. The van der Waals surface area contributed by atoms with Gasteiger partial charge in [-0.25, -0.2) is 0 Å². The number of anilines is 2. The first-order chi connectivity index (χ1) is 22.1. The van der Waals surface area contributed by atoms with Crippen LogP contribution in [0.1, 0.15) is 25.0 Å². The minimum Gasteiger partial charge on any atom is -0.355 e. The van der Waals surface area contributed by atoms with Crippen molar-refractivity contribution in [3.05, 3.63) is 163 Å². The number of nitrogens with zero attached hydrogens (tertiary/aromatic N) is 1. The molecule has 45 heavy (non-hydrogen) atoms. The molecule has 0 saturated carbocycles. The Morgan fingerprint density at radius 1 is 0.511 bits per heavy atom. The van der Waals surface area contributed by atoms with E-state index in [0.29, 0.717) is 0 Å². The van der Waals surface area contributed by atoms with E-state index in [1.54, 1.807) is 0 Å². The largest absolute Gasteiger partial charge is 0.355 e. The lowest BCUT2D eigenvalue weighted by atomic mass is 9.82. The molecule has 0 radical (unpaired) electrons. The van der Waals surface area contributed by atoms with E-state index in [1.807, 2.05) is 0 Å². The summed E-state index contributed by atoms with van der Waals surface area (Å²) < 4.78 is 2.39. The van der Waals surface area contributed by atoms with Gasteiger partial charge in [0.2, 0.25) is 0 Å². The van der Waals surface area contributed by atoms with E-state index in [1.165, 1.54) is 71.6 Å². The van der Waals surface area contributed by atoms with E-state index in [0.717, 1.165) is 11.4 Å². The highest BCUT2D eigenvalue weighted by Crippen LogP contribution is 2.49. The van der Waals surface area contributed by atoms with Gasteiger partial charge in [-0.15, -0.1) is 0 Å². The van der Waals surface area contributed by atoms with Gasteiger partial charge in [0.25, 0.3) is 0 Å². The molecule has 1 aliphatic carbocycles. The summed E-state index contributed by atoms with van der Waals surface area (Å²) in [6, 6.07) is 55.3. The minimum absolute atomic E-state index is 0.00874. The molecule has 1 N–H and O–H groups in total. The first kappa shape index (κ1) is 25.9. The van der Waals surface area contributed by atoms with Crippen molar-refractivity contribution in [3.63, 3.8) is 0 Å². The smallest absolute Gasteiger partial charge is 0.0547 e. The first-order valence-electron chi connectivity index (χ1n) is 15.7. The number of aromatic nitrogens is 1. The Morgan fingerprint density at radius 2 is 1.22 bits per heavy atom. The van der Waals surface area contributed by atoms with Crippen LogP contribution in [0, 0.1) is 0 Å². The maximum absolute atomic E-state index is 3.87. The predicted molar refractivity (Wildman–Crippen MR) is 191 cm³/mol. The Bertz CT molecular complexity index is 2430. The summed E-state index contributed by atoms with van der Waals surface area (Å²) in [4.78, 5) is 0. The molecule has 214 valence electrons. The van der Waals surface area contributed by atoms with Gasteiger partial charge in [0.1, 0.15) is 0 Å². The predicted octanol–water partition coefficient (Wildman–Crippen LogP) is 11.7. The number of nitrogens with one attached hydrogen (secondary N) is 1. The number of fused-ring (bicyclic) bond motifs is 7. The van der Waals surface area contributed by atoms with Crippen LogP contribution in [0.2, 0.25) is 0 Å². The lowest BCUT2D eigenvalue weighted by molar-refractivity contribution is 0.660. The highest BCUT2D eigenvalue weighted by atomic mass is 15.0. The van der Waals surface area contributed by atoms with Crippen LogP contribution in [0.5, 0.6) is 0 Å². The Kier molecular flexibility index (Phi) is 5.58. The van der Waals surface area contributed by atoms with Crippen molar-refractivity contribution in [1.82, 2.24) is 4.57 Å². The monoisotopic (exact) mass is 576 g/mol. The molecule has 0 saturated heterocycles. The molecule has 0 spiro atoms. The standard InChI is InChI=1S/C43H32N2/c1-43(2)37-18-10-8-16-33(37)36-27-30(22-24-38(36)43)44-39-25-21-28-12-6-7-15-32(28)42(39)29-20-23-35-34-17-9-11-19-40(34)45(41(35)26-29)31-13-4-3-5-14-31/h3-27,44H,1-2H3. The van der Waals surface area contributed by atoms with Crippen LogP contribution in [0.3, 0.4) is 0 Å². The molecule has 0 amide bonds. The zero-order chi connectivity index (χ0) is 30.1. The number of rotatable bonds is 4. The summed E-state index contributed by atoms with van der Waals surface area (Å²) in [5.74, 6) is 0. The van der Waals surface area contributed by atoms with Crippen molar-refractivity contribution in [2.24, 2.45) is 0 Å². The van der Waals surface area contributed by atoms with Gasteiger partial charge in [-0.2, -0.15) is 0 Å². The average molecular weight is 577 g/mol. The van der Waals surface area contributed by atoms with Crippen LogP contribution in [0.4, 0.5) is 11.4 Å². The van der Waals surface area contributed by atoms with Gasteiger partial charge in [-0.1, -0.05) is 123 Å². The number of hydrogen-bond donors (Lipinski definition) is 1. The van der Waals surface area contributed by atoms with Gasteiger partial charge >= 0.3 is 0 Å². The third-order valence-electron chi connectivity index (χ3n) is 9.77. The summed E-state index contributed by atoms with van der Waals surface area (Å²) in [6.45, 7) is 4.66. The lowest BCUT2D eigenvalue weighted by Gasteiger charge is -2.21. The van der Waals surface area contributed by atoms with Crippen LogP contribution in [0.15, 0.2) is 152 Å². The highest BCUT2D eigenvalue weighted by Gasteiger charge is 2.35. The molecule has 0 unspecified atom stereocenters. The van der Waals surface area contributed by atoms with E-state index in [2.05, 4.69) is 175 Å². The van der Waals surface area contributed by atoms with Crippen molar-refractivity contribution >= 4 is 44.0 Å². The highest BCUT2D eigenvalue weighted by molar-refractivity contribution is 6.12. The Morgan fingerprint density at radius 3 is 2.11 bits per heavy atom. The van der Waals surface area contributed by atoms with Gasteiger partial charge in [-0.05, 0) is 81.1 Å². The zero-order valence-electron chi connectivity index (χ0n) is 25.4. The van der Waals surface area contributed by atoms with Gasteiger partial charge in [-0.3, -0.25) is 0 Å². The van der Waals surface area contributed by atoms with Gasteiger partial charge < -0.3 is 9.88 Å². The maximum atomic E-state index is 3.87. The van der Waals surface area contributed by atoms with Crippen LogP contribution < -0.4 is 5.32 Å². The second kappa shape index (κ2) is 9.70. The third-order valence-corrected chi connectivity index (χ3v) is 9.77. The molecule has 1 heterocycles. The van der Waals surface area contributed by atoms with E-state index in [9.17, 15) is 0 Å². The minimum atomic E-state index is -0.00874. The van der Waals surface area contributed by atoms with Gasteiger partial charge in [0.15, 0.2) is 0 Å². The topological polar surface area (TPSA) is 17.0 Å². The molecular formula is C43H32N2. The molecule has 0 fully saturated rings. The fraction of sp³-hybridized carbons (Fsp3) is 0.0698. The third kappa shape index (κ3) is 3.89. The Balaban J connectivity index is 1.24. The van der Waals surface area contributed by atoms with E-state index < -0.39 is 0 Å². The van der Waals surface area contributed by atoms with Crippen molar-refractivity contribution in [2.75, 3.05) is 5.32 Å². The van der Waals surface area contributed by atoms with Crippen molar-refractivity contribution < 1.29 is 0 Å². The zero-order valence-corrected chi connectivity index (χ0v) is 25.4. The second-order valence-electron chi connectivity index (χ2n) is 12.7. The average Bonchev–Trinajstić information content (AvgIpc) is 3.53. The number of hydrogen-bond acceptors (Lipinski definition) is 1. The van der Waals surface area contributed by atoms with Crippen molar-refractivity contribution in [2.45, 2.75) is 19.3 Å². The molecule has 2 heteroatoms. The van der Waals surface area contributed by atoms with Crippen molar-refractivity contribution in [3.8, 4) is 27.9 Å². The molecular weight excluding hydrogens is 544 g/mol. The van der Waals surface area contributed by atoms with E-state index in [-0.39, 0.29) is 5.41 Å². The molecule has 0 aliphatic heterocycles. The molecule has 1 aromatic heterocycles. The van der Waals surface area contributed by atoms with Gasteiger partial charge in [0.05, 0.1) is 11.0 Å². The summed E-state index contributed by atoms with van der Waals surface area (Å²) in [5, 5.41) is 8.85. The van der Waals surface area contributed by atoms with Crippen LogP contribution in [-0.4, -0.2) is 4.57 Å². The van der Waals surface area contributed by atoms with E-state index >= 15 is 0 Å². The summed E-state index contributed by atoms with van der Waals surface area (Å²) in [7, 11) is 0.